The molecule has 31 valence electrons. The van der Waals surface area contributed by atoms with Crippen molar-refractivity contribution in [2.75, 3.05) is 0 Å². The van der Waals surface area contributed by atoms with E-state index in [2.05, 4.69) is 16.5 Å². The summed E-state index contributed by atoms with van der Waals surface area (Å²) in [6.45, 7) is 0. The maximum atomic E-state index is 3.48. The highest BCUT2D eigenvalue weighted by Crippen LogP contribution is 1.65. The predicted molar refractivity (Wildman–Crippen MR) is 19.8 cm³/mol. The van der Waals surface area contributed by atoms with Crippen molar-refractivity contribution < 1.29 is 0 Å². The van der Waals surface area contributed by atoms with E-state index in [1.54, 1.807) is 10.9 Å². The van der Waals surface area contributed by atoms with Crippen molar-refractivity contribution in [3.8, 4) is 0 Å². The molecule has 0 aliphatic carbocycles. The Morgan fingerprint density at radius 1 is 1.83 bits per heavy atom. The molecule has 0 amide bonds. The summed E-state index contributed by atoms with van der Waals surface area (Å²) in [5.41, 5.74) is 0. The Bertz CT molecular complexity index is 110. The lowest BCUT2D eigenvalue weighted by Gasteiger charge is -1.72. The number of hydrogen-bond donors (Lipinski definition) is 0. The topological polar surface area (TPSA) is 30.7 Å². The third-order valence-corrected chi connectivity index (χ3v) is 0.485. The molecule has 0 saturated heterocycles. The van der Waals surface area contributed by atoms with Gasteiger partial charge in [0, 0.05) is 7.05 Å². The first-order valence-corrected chi connectivity index (χ1v) is 1.61. The molecule has 1 radical (unpaired) electrons. The summed E-state index contributed by atoms with van der Waals surface area (Å²) in [4.78, 5) is 0. The van der Waals surface area contributed by atoms with E-state index in [9.17, 15) is 0 Å². The summed E-state index contributed by atoms with van der Waals surface area (Å²) in [5.74, 6) is 0. The van der Waals surface area contributed by atoms with Crippen molar-refractivity contribution in [3.05, 3.63) is 12.7 Å². The van der Waals surface area contributed by atoms with Gasteiger partial charge < -0.3 is 4.57 Å². The van der Waals surface area contributed by atoms with Crippen LogP contribution in [0.3, 0.4) is 0 Å². The lowest BCUT2D eigenvalue weighted by atomic mass is 11.1. The summed E-state index contributed by atoms with van der Waals surface area (Å²) in [7, 11) is 1.82. The quantitative estimate of drug-likeness (QED) is 0.427. The van der Waals surface area contributed by atoms with Crippen LogP contribution in [0.25, 0.3) is 0 Å². The fourth-order valence-corrected chi connectivity index (χ4v) is 0.225. The number of nitrogens with zero attached hydrogens (tertiary/aromatic N) is 3. The molecule has 0 spiro atoms. The Morgan fingerprint density at radius 2 is 2.67 bits per heavy atom. The van der Waals surface area contributed by atoms with E-state index < -0.39 is 0 Å². The molecule has 0 aromatic carbocycles. The molecule has 0 fully saturated rings. The summed E-state index contributed by atoms with van der Waals surface area (Å²) >= 11 is 0. The normalized spacial score (nSPS) is 8.83. The molecule has 3 heteroatoms. The molecule has 0 saturated carbocycles. The number of hydrogen-bond acceptors (Lipinski definition) is 2. The minimum absolute atomic E-state index is 1.58. The predicted octanol–water partition coefficient (Wildman–Crippen LogP) is -0.385. The summed E-state index contributed by atoms with van der Waals surface area (Å²) < 4.78 is 1.65. The highest BCUT2D eigenvalue weighted by atomic mass is 15.2. The zero-order valence-electron chi connectivity index (χ0n) is 3.42. The van der Waals surface area contributed by atoms with Crippen molar-refractivity contribution in [1.82, 2.24) is 14.8 Å². The van der Waals surface area contributed by atoms with Gasteiger partial charge in [-0.3, -0.25) is 0 Å². The molecule has 0 aliphatic rings. The van der Waals surface area contributed by atoms with E-state index in [1.165, 1.54) is 0 Å². The standard InChI is InChI=1S/C3H4N3/c1-6-2-4-5-3-6/h2H,1H3. The van der Waals surface area contributed by atoms with Crippen LogP contribution in [0.1, 0.15) is 0 Å². The molecule has 0 N–H and O–H groups in total. The van der Waals surface area contributed by atoms with Crippen LogP contribution in [-0.4, -0.2) is 14.8 Å². The van der Waals surface area contributed by atoms with Gasteiger partial charge in [0.05, 0.1) is 0 Å². The van der Waals surface area contributed by atoms with Crippen LogP contribution in [0, 0.1) is 6.33 Å². The van der Waals surface area contributed by atoms with Gasteiger partial charge in [-0.25, -0.2) is 0 Å². The Morgan fingerprint density at radius 3 is 2.83 bits per heavy atom. The second-order valence-electron chi connectivity index (χ2n) is 1.04. The number of aryl methyl sites for hydroxylation is 1. The van der Waals surface area contributed by atoms with Crippen LogP contribution in [0.2, 0.25) is 0 Å². The molecular formula is C3H4N3. The maximum Gasteiger partial charge on any atom is 0.201 e. The Balaban J connectivity index is 3.05. The molecule has 3 nitrogen and oxygen atoms in total. The van der Waals surface area contributed by atoms with Gasteiger partial charge >= 0.3 is 0 Å². The minimum atomic E-state index is 1.58. The van der Waals surface area contributed by atoms with Gasteiger partial charge in [-0.05, 0) is 0 Å². The average Bonchev–Trinajstić information content (AvgIpc) is 1.86. The Labute approximate surface area is 35.6 Å². The van der Waals surface area contributed by atoms with Crippen molar-refractivity contribution in [2.24, 2.45) is 7.05 Å². The van der Waals surface area contributed by atoms with E-state index in [0.717, 1.165) is 0 Å². The lowest BCUT2D eigenvalue weighted by Crippen LogP contribution is -1.77. The average molecular weight is 82.1 g/mol. The maximum absolute atomic E-state index is 3.48. The van der Waals surface area contributed by atoms with Crippen molar-refractivity contribution in [1.29, 1.82) is 0 Å². The van der Waals surface area contributed by atoms with Crippen LogP contribution in [0.4, 0.5) is 0 Å². The Kier molecular flexibility index (Phi) is 0.602. The molecule has 1 aromatic rings. The fourth-order valence-electron chi connectivity index (χ4n) is 0.225. The lowest BCUT2D eigenvalue weighted by molar-refractivity contribution is 0.900. The van der Waals surface area contributed by atoms with Gasteiger partial charge in [-0.1, -0.05) is 0 Å². The summed E-state index contributed by atoms with van der Waals surface area (Å²) in [6, 6.07) is 0. The first kappa shape index (κ1) is 3.33. The van der Waals surface area contributed by atoms with Gasteiger partial charge in [0.15, 0.2) is 0 Å². The largest absolute Gasteiger partial charge is 0.314 e. The molecule has 1 heterocycles. The molecule has 0 atom stereocenters. The summed E-state index contributed by atoms with van der Waals surface area (Å²) in [6.07, 6.45) is 4.14. The second kappa shape index (κ2) is 1.08. The van der Waals surface area contributed by atoms with Gasteiger partial charge in [0.25, 0.3) is 0 Å². The van der Waals surface area contributed by atoms with Crippen molar-refractivity contribution in [2.45, 2.75) is 0 Å². The molecule has 0 bridgehead atoms. The summed E-state index contributed by atoms with van der Waals surface area (Å²) in [5, 5.41) is 6.89. The third-order valence-electron chi connectivity index (χ3n) is 0.485. The number of rotatable bonds is 0. The first-order valence-electron chi connectivity index (χ1n) is 1.61. The number of aromatic nitrogens is 3. The third kappa shape index (κ3) is 0.381. The van der Waals surface area contributed by atoms with Gasteiger partial charge in [0.2, 0.25) is 6.33 Å². The van der Waals surface area contributed by atoms with Crippen LogP contribution in [0.5, 0.6) is 0 Å². The van der Waals surface area contributed by atoms with Gasteiger partial charge in [0.1, 0.15) is 6.33 Å². The first-order chi connectivity index (χ1) is 2.89. The monoisotopic (exact) mass is 82.0 g/mol. The van der Waals surface area contributed by atoms with Crippen molar-refractivity contribution in [3.63, 3.8) is 0 Å². The van der Waals surface area contributed by atoms with Crippen LogP contribution in [0.15, 0.2) is 6.33 Å². The highest BCUT2D eigenvalue weighted by molar-refractivity contribution is 4.49. The smallest absolute Gasteiger partial charge is 0.201 e. The SMILES string of the molecule is Cn1[c]nnc1. The van der Waals surface area contributed by atoms with E-state index in [-0.39, 0.29) is 0 Å². The minimum Gasteiger partial charge on any atom is -0.314 e. The van der Waals surface area contributed by atoms with E-state index in [0.29, 0.717) is 0 Å². The van der Waals surface area contributed by atoms with Crippen LogP contribution < -0.4 is 0 Å². The van der Waals surface area contributed by atoms with E-state index >= 15 is 0 Å². The molecular weight excluding hydrogens is 78.1 g/mol. The van der Waals surface area contributed by atoms with Gasteiger partial charge in [-0.15, -0.1) is 10.2 Å². The van der Waals surface area contributed by atoms with Crippen molar-refractivity contribution >= 4 is 0 Å². The van der Waals surface area contributed by atoms with E-state index in [4.69, 9.17) is 0 Å². The molecule has 0 aliphatic heterocycles. The molecule has 6 heavy (non-hydrogen) atoms. The fraction of sp³-hybridized carbons (Fsp3) is 0.333. The van der Waals surface area contributed by atoms with E-state index in [1.807, 2.05) is 7.05 Å². The Hall–Kier alpha value is -0.860. The second-order valence-corrected chi connectivity index (χ2v) is 1.04. The zero-order chi connectivity index (χ0) is 4.41. The molecule has 1 aromatic heterocycles. The zero-order valence-corrected chi connectivity index (χ0v) is 3.42. The van der Waals surface area contributed by atoms with Crippen LogP contribution in [-0.2, 0) is 7.05 Å². The van der Waals surface area contributed by atoms with Gasteiger partial charge in [-0.2, -0.15) is 0 Å². The molecule has 1 rings (SSSR count). The molecule has 0 unspecified atom stereocenters. The highest BCUT2D eigenvalue weighted by Gasteiger charge is 1.73. The van der Waals surface area contributed by atoms with Crippen LogP contribution >= 0.6 is 0 Å².